The average molecular weight is 321 g/mol. The van der Waals surface area contributed by atoms with Crippen molar-refractivity contribution in [2.75, 3.05) is 0 Å². The van der Waals surface area contributed by atoms with Crippen LogP contribution in [0.15, 0.2) is 42.5 Å². The summed E-state index contributed by atoms with van der Waals surface area (Å²) in [6, 6.07) is 13.9. The Morgan fingerprint density at radius 3 is 2.57 bits per heavy atom. The van der Waals surface area contributed by atoms with Gasteiger partial charge in [0.25, 0.3) is 0 Å². The van der Waals surface area contributed by atoms with E-state index in [-0.39, 0.29) is 0 Å². The van der Waals surface area contributed by atoms with Crippen LogP contribution in [0.2, 0.25) is 10.0 Å². The quantitative estimate of drug-likeness (QED) is 0.787. The van der Waals surface area contributed by atoms with Crippen molar-refractivity contribution in [1.82, 2.24) is 0 Å². The molecule has 1 nitrogen and oxygen atoms in total. The highest BCUT2D eigenvalue weighted by Gasteiger charge is 2.23. The third kappa shape index (κ3) is 3.42. The van der Waals surface area contributed by atoms with Crippen molar-refractivity contribution in [1.29, 1.82) is 0 Å². The Hall–Kier alpha value is -1.02. The maximum atomic E-state index is 10.5. The van der Waals surface area contributed by atoms with E-state index in [0.717, 1.165) is 18.4 Å². The summed E-state index contributed by atoms with van der Waals surface area (Å²) in [5.74, 6) is 0.405. The molecule has 0 bridgehead atoms. The van der Waals surface area contributed by atoms with Crippen molar-refractivity contribution in [2.24, 2.45) is 0 Å². The molecule has 110 valence electrons. The summed E-state index contributed by atoms with van der Waals surface area (Å²) in [7, 11) is 0. The van der Waals surface area contributed by atoms with Crippen molar-refractivity contribution < 1.29 is 5.11 Å². The van der Waals surface area contributed by atoms with Crippen molar-refractivity contribution >= 4 is 23.2 Å². The Morgan fingerprint density at radius 2 is 1.81 bits per heavy atom. The predicted molar refractivity (Wildman–Crippen MR) is 88.2 cm³/mol. The fourth-order valence-corrected chi connectivity index (χ4v) is 3.82. The van der Waals surface area contributed by atoms with E-state index >= 15 is 0 Å². The summed E-state index contributed by atoms with van der Waals surface area (Å²) in [6.45, 7) is 0. The molecule has 3 rings (SSSR count). The number of aliphatic hydroxyl groups is 1. The van der Waals surface area contributed by atoms with Crippen LogP contribution in [0.5, 0.6) is 0 Å². The molecule has 2 atom stereocenters. The minimum atomic E-state index is -0.530. The van der Waals surface area contributed by atoms with E-state index in [9.17, 15) is 5.11 Å². The highest BCUT2D eigenvalue weighted by atomic mass is 35.5. The lowest BCUT2D eigenvalue weighted by atomic mass is 9.79. The zero-order valence-corrected chi connectivity index (χ0v) is 13.2. The molecule has 0 saturated carbocycles. The van der Waals surface area contributed by atoms with Crippen molar-refractivity contribution in [3.8, 4) is 0 Å². The van der Waals surface area contributed by atoms with E-state index in [1.807, 2.05) is 0 Å². The van der Waals surface area contributed by atoms with Crippen LogP contribution in [0.25, 0.3) is 0 Å². The molecule has 0 aromatic heterocycles. The lowest BCUT2D eigenvalue weighted by molar-refractivity contribution is 0.154. The zero-order chi connectivity index (χ0) is 14.8. The first-order valence-corrected chi connectivity index (χ1v) is 8.11. The molecule has 0 fully saturated rings. The largest absolute Gasteiger partial charge is 0.388 e. The third-order valence-electron chi connectivity index (χ3n) is 4.27. The van der Waals surface area contributed by atoms with Crippen LogP contribution in [0, 0.1) is 0 Å². The molecule has 2 unspecified atom stereocenters. The van der Waals surface area contributed by atoms with Gasteiger partial charge in [0.15, 0.2) is 0 Å². The van der Waals surface area contributed by atoms with Gasteiger partial charge in [0.1, 0.15) is 0 Å². The van der Waals surface area contributed by atoms with E-state index in [2.05, 4.69) is 24.3 Å². The van der Waals surface area contributed by atoms with Crippen molar-refractivity contribution in [3.63, 3.8) is 0 Å². The molecular weight excluding hydrogens is 303 g/mol. The van der Waals surface area contributed by atoms with Gasteiger partial charge in [-0.25, -0.2) is 0 Å². The Labute approximate surface area is 135 Å². The van der Waals surface area contributed by atoms with Crippen molar-refractivity contribution in [3.05, 3.63) is 69.2 Å². The van der Waals surface area contributed by atoms with Gasteiger partial charge in [0, 0.05) is 10.0 Å². The molecule has 1 N–H and O–H groups in total. The van der Waals surface area contributed by atoms with E-state index in [1.54, 1.807) is 18.2 Å². The molecule has 0 aliphatic heterocycles. The average Bonchev–Trinajstić information content (AvgIpc) is 2.46. The minimum Gasteiger partial charge on any atom is -0.388 e. The minimum absolute atomic E-state index is 0.405. The van der Waals surface area contributed by atoms with Gasteiger partial charge in [-0.15, -0.1) is 0 Å². The zero-order valence-electron chi connectivity index (χ0n) is 11.7. The normalized spacial score (nSPS) is 19.1. The Kier molecular flexibility index (Phi) is 4.54. The molecule has 21 heavy (non-hydrogen) atoms. The maximum Gasteiger partial charge on any atom is 0.0796 e. The van der Waals surface area contributed by atoms with E-state index in [1.165, 1.54) is 17.5 Å². The van der Waals surface area contributed by atoms with E-state index < -0.39 is 6.10 Å². The van der Waals surface area contributed by atoms with E-state index in [4.69, 9.17) is 23.2 Å². The van der Waals surface area contributed by atoms with Gasteiger partial charge in [-0.05, 0) is 66.5 Å². The second-order valence-electron chi connectivity index (χ2n) is 5.74. The predicted octanol–water partition coefficient (Wildman–Crippen LogP) is 5.54. The number of rotatable bonds is 3. The lowest BCUT2D eigenvalue weighted by Gasteiger charge is -2.27. The fraction of sp³-hybridized carbons (Fsp3) is 0.333. The monoisotopic (exact) mass is 320 g/mol. The number of benzene rings is 2. The van der Waals surface area contributed by atoms with Gasteiger partial charge in [0.05, 0.1) is 6.10 Å². The second-order valence-corrected chi connectivity index (χ2v) is 6.62. The van der Waals surface area contributed by atoms with Crippen molar-refractivity contribution in [2.45, 2.75) is 37.7 Å². The number of aliphatic hydroxyl groups excluding tert-OH is 1. The molecule has 0 saturated heterocycles. The summed E-state index contributed by atoms with van der Waals surface area (Å²) in [5.41, 5.74) is 3.61. The number of hydrogen-bond acceptors (Lipinski definition) is 1. The maximum absolute atomic E-state index is 10.5. The topological polar surface area (TPSA) is 20.2 Å². The van der Waals surface area contributed by atoms with E-state index in [0.29, 0.717) is 22.4 Å². The molecule has 1 aliphatic rings. The van der Waals surface area contributed by atoms with Crippen LogP contribution in [0.1, 0.15) is 48.0 Å². The molecule has 2 aromatic carbocycles. The van der Waals surface area contributed by atoms with Crippen LogP contribution in [-0.4, -0.2) is 5.11 Å². The molecule has 0 spiro atoms. The van der Waals surface area contributed by atoms with Gasteiger partial charge < -0.3 is 5.11 Å². The first-order chi connectivity index (χ1) is 10.1. The summed E-state index contributed by atoms with van der Waals surface area (Å²) < 4.78 is 0. The van der Waals surface area contributed by atoms with Crippen LogP contribution in [0.3, 0.4) is 0 Å². The number of hydrogen-bond donors (Lipinski definition) is 1. The molecule has 1 aliphatic carbocycles. The van der Waals surface area contributed by atoms with Crippen LogP contribution in [-0.2, 0) is 6.42 Å². The first kappa shape index (κ1) is 14.9. The second kappa shape index (κ2) is 6.39. The fourth-order valence-electron chi connectivity index (χ4n) is 3.27. The molecule has 2 aromatic rings. The highest BCUT2D eigenvalue weighted by molar-refractivity contribution is 6.34. The van der Waals surface area contributed by atoms with Gasteiger partial charge in [-0.3, -0.25) is 0 Å². The summed E-state index contributed by atoms with van der Waals surface area (Å²) in [4.78, 5) is 0. The Bertz CT molecular complexity index is 619. The number of halogens is 2. The summed E-state index contributed by atoms with van der Waals surface area (Å²) >= 11 is 12.0. The molecule has 3 heteroatoms. The number of aryl methyl sites for hydroxylation is 1. The van der Waals surface area contributed by atoms with Gasteiger partial charge in [-0.1, -0.05) is 47.5 Å². The van der Waals surface area contributed by atoms with Gasteiger partial charge in [0.2, 0.25) is 0 Å². The number of fused-ring (bicyclic) bond motifs is 1. The van der Waals surface area contributed by atoms with Crippen LogP contribution >= 0.6 is 23.2 Å². The standard InChI is InChI=1S/C18H18Cl2O/c19-15-8-14(9-16(20)11-15)18(21)10-13-6-3-5-12-4-1-2-7-17(12)13/h1-2,4,7-9,11,13,18,21H,3,5-6,10H2. The highest BCUT2D eigenvalue weighted by Crippen LogP contribution is 2.38. The smallest absolute Gasteiger partial charge is 0.0796 e. The van der Waals surface area contributed by atoms with Crippen LogP contribution in [0.4, 0.5) is 0 Å². The lowest BCUT2D eigenvalue weighted by Crippen LogP contribution is -2.13. The SMILES string of the molecule is OC(CC1CCCc2ccccc21)c1cc(Cl)cc(Cl)c1. The molecular formula is C18H18Cl2O. The molecule has 0 radical (unpaired) electrons. The molecule has 0 amide bonds. The Morgan fingerprint density at radius 1 is 1.10 bits per heavy atom. The Balaban J connectivity index is 1.81. The molecule has 0 heterocycles. The summed E-state index contributed by atoms with van der Waals surface area (Å²) in [5, 5.41) is 11.7. The summed E-state index contributed by atoms with van der Waals surface area (Å²) in [6.07, 6.45) is 3.64. The van der Waals surface area contributed by atoms with Gasteiger partial charge >= 0.3 is 0 Å². The van der Waals surface area contributed by atoms with Crippen LogP contribution < -0.4 is 0 Å². The first-order valence-electron chi connectivity index (χ1n) is 7.35. The third-order valence-corrected chi connectivity index (χ3v) is 4.71. The van der Waals surface area contributed by atoms with Gasteiger partial charge in [-0.2, -0.15) is 0 Å².